The summed E-state index contributed by atoms with van der Waals surface area (Å²) in [4.78, 5) is 8.20. The number of halogens is 1. The average Bonchev–Trinajstić information content (AvgIpc) is 3.41. The Morgan fingerprint density at radius 3 is 2.38 bits per heavy atom. The quantitative estimate of drug-likeness (QED) is 0.211. The average molecular weight is 490 g/mol. The van der Waals surface area contributed by atoms with Crippen molar-refractivity contribution >= 4 is 41.7 Å². The second-order valence-corrected chi connectivity index (χ2v) is 8.23. The highest BCUT2D eigenvalue weighted by Crippen LogP contribution is 2.51. The Morgan fingerprint density at radius 2 is 1.81 bits per heavy atom. The minimum atomic E-state index is 0. The molecular formula is C20H35IN4S. The zero-order valence-corrected chi connectivity index (χ0v) is 19.6. The van der Waals surface area contributed by atoms with Crippen LogP contribution in [0.3, 0.4) is 0 Å². The molecule has 6 heteroatoms. The van der Waals surface area contributed by atoms with Gasteiger partial charge in [0.1, 0.15) is 0 Å². The van der Waals surface area contributed by atoms with E-state index in [9.17, 15) is 0 Å². The SMILES string of the molecule is CCN(CC)CCCCNC(=NC)NCC1(Sc2ccccc2)CC1.I. The van der Waals surface area contributed by atoms with Gasteiger partial charge in [0.15, 0.2) is 5.96 Å². The summed E-state index contributed by atoms with van der Waals surface area (Å²) in [7, 11) is 1.86. The molecule has 0 bridgehead atoms. The monoisotopic (exact) mass is 490 g/mol. The molecule has 1 saturated carbocycles. The number of unbranched alkanes of at least 4 members (excludes halogenated alkanes) is 1. The normalized spacial score (nSPS) is 15.5. The first kappa shape index (κ1) is 23.6. The zero-order valence-electron chi connectivity index (χ0n) is 16.5. The molecule has 1 aromatic rings. The maximum Gasteiger partial charge on any atom is 0.191 e. The summed E-state index contributed by atoms with van der Waals surface area (Å²) in [6.07, 6.45) is 4.97. The minimum Gasteiger partial charge on any atom is -0.356 e. The lowest BCUT2D eigenvalue weighted by atomic mass is 10.3. The largest absolute Gasteiger partial charge is 0.356 e. The van der Waals surface area contributed by atoms with Crippen LogP contribution in [0, 0.1) is 0 Å². The highest BCUT2D eigenvalue weighted by Gasteiger charge is 2.43. The number of nitrogens with zero attached hydrogens (tertiary/aromatic N) is 2. The van der Waals surface area contributed by atoms with Gasteiger partial charge in [-0.3, -0.25) is 4.99 Å². The highest BCUT2D eigenvalue weighted by molar-refractivity contribution is 14.0. The molecule has 1 fully saturated rings. The standard InChI is InChI=1S/C20H34N4S.HI/c1-4-24(5-2)16-10-9-15-22-19(21-3)23-17-20(13-14-20)25-18-11-7-6-8-12-18;/h6-8,11-12H,4-5,9-10,13-17H2,1-3H3,(H2,21,22,23);1H. The molecule has 4 nitrogen and oxygen atoms in total. The summed E-state index contributed by atoms with van der Waals surface area (Å²) in [5.74, 6) is 0.933. The molecule has 2 rings (SSSR count). The van der Waals surface area contributed by atoms with Crippen LogP contribution in [0.5, 0.6) is 0 Å². The van der Waals surface area contributed by atoms with Crippen molar-refractivity contribution in [3.05, 3.63) is 30.3 Å². The lowest BCUT2D eigenvalue weighted by molar-refractivity contribution is 0.297. The van der Waals surface area contributed by atoms with Crippen molar-refractivity contribution in [2.24, 2.45) is 4.99 Å². The van der Waals surface area contributed by atoms with Gasteiger partial charge in [-0.2, -0.15) is 0 Å². The van der Waals surface area contributed by atoms with Crippen molar-refractivity contribution in [2.45, 2.75) is 49.2 Å². The summed E-state index contributed by atoms with van der Waals surface area (Å²) in [5.41, 5.74) is 0. The number of aliphatic imine (C=N–C) groups is 1. The Bertz CT molecular complexity index is 516. The van der Waals surface area contributed by atoms with Crippen LogP contribution in [0.2, 0.25) is 0 Å². The molecule has 1 aliphatic carbocycles. The Hall–Kier alpha value is -0.470. The van der Waals surface area contributed by atoms with Crippen molar-refractivity contribution in [3.63, 3.8) is 0 Å². The maximum absolute atomic E-state index is 4.37. The van der Waals surface area contributed by atoms with E-state index in [1.165, 1.54) is 37.1 Å². The molecule has 148 valence electrons. The Kier molecular flexibility index (Phi) is 11.6. The zero-order chi connectivity index (χ0) is 18.0. The topological polar surface area (TPSA) is 39.7 Å². The summed E-state index contributed by atoms with van der Waals surface area (Å²) in [5, 5.41) is 6.98. The van der Waals surface area contributed by atoms with Gasteiger partial charge < -0.3 is 15.5 Å². The smallest absolute Gasteiger partial charge is 0.191 e. The number of thioether (sulfide) groups is 1. The number of nitrogens with one attached hydrogen (secondary N) is 2. The molecule has 0 aliphatic heterocycles. The van der Waals surface area contributed by atoms with E-state index in [4.69, 9.17) is 0 Å². The molecule has 0 spiro atoms. The predicted molar refractivity (Wildman–Crippen MR) is 126 cm³/mol. The van der Waals surface area contributed by atoms with E-state index < -0.39 is 0 Å². The van der Waals surface area contributed by atoms with E-state index in [0.29, 0.717) is 4.75 Å². The van der Waals surface area contributed by atoms with Gasteiger partial charge in [-0.1, -0.05) is 32.0 Å². The molecular weight excluding hydrogens is 455 g/mol. The van der Waals surface area contributed by atoms with Gasteiger partial charge in [0.25, 0.3) is 0 Å². The first-order chi connectivity index (χ1) is 12.2. The van der Waals surface area contributed by atoms with E-state index in [-0.39, 0.29) is 24.0 Å². The molecule has 0 aromatic heterocycles. The van der Waals surface area contributed by atoms with Crippen LogP contribution in [-0.4, -0.2) is 55.4 Å². The molecule has 0 atom stereocenters. The molecule has 0 radical (unpaired) electrons. The van der Waals surface area contributed by atoms with Gasteiger partial charge in [-0.25, -0.2) is 0 Å². The van der Waals surface area contributed by atoms with Crippen LogP contribution in [-0.2, 0) is 0 Å². The Labute approximate surface area is 181 Å². The number of guanidine groups is 1. The molecule has 0 unspecified atom stereocenters. The lowest BCUT2D eigenvalue weighted by Crippen LogP contribution is -2.41. The fraction of sp³-hybridized carbons (Fsp3) is 0.650. The van der Waals surface area contributed by atoms with Crippen LogP contribution in [0.25, 0.3) is 0 Å². The third kappa shape index (κ3) is 8.48. The molecule has 0 saturated heterocycles. The number of benzene rings is 1. The highest BCUT2D eigenvalue weighted by atomic mass is 127. The van der Waals surface area contributed by atoms with Crippen molar-refractivity contribution in [1.29, 1.82) is 0 Å². The van der Waals surface area contributed by atoms with Crippen molar-refractivity contribution in [3.8, 4) is 0 Å². The van der Waals surface area contributed by atoms with Gasteiger partial charge in [0.05, 0.1) is 0 Å². The van der Waals surface area contributed by atoms with E-state index in [1.807, 2.05) is 18.8 Å². The van der Waals surface area contributed by atoms with Gasteiger partial charge in [-0.05, 0) is 57.5 Å². The van der Waals surface area contributed by atoms with Crippen molar-refractivity contribution in [1.82, 2.24) is 15.5 Å². The van der Waals surface area contributed by atoms with Gasteiger partial charge in [0, 0.05) is 29.8 Å². The molecule has 0 heterocycles. The van der Waals surface area contributed by atoms with Crippen LogP contribution >= 0.6 is 35.7 Å². The van der Waals surface area contributed by atoms with Crippen LogP contribution < -0.4 is 10.6 Å². The second-order valence-electron chi connectivity index (χ2n) is 6.68. The lowest BCUT2D eigenvalue weighted by Gasteiger charge is -2.19. The van der Waals surface area contributed by atoms with Gasteiger partial charge in [-0.15, -0.1) is 35.7 Å². The van der Waals surface area contributed by atoms with Crippen LogP contribution in [0.15, 0.2) is 40.2 Å². The summed E-state index contributed by atoms with van der Waals surface area (Å²) in [6, 6.07) is 10.7. The molecule has 26 heavy (non-hydrogen) atoms. The van der Waals surface area contributed by atoms with E-state index in [2.05, 4.69) is 64.7 Å². The number of hydrogen-bond donors (Lipinski definition) is 2. The van der Waals surface area contributed by atoms with Gasteiger partial charge >= 0.3 is 0 Å². The molecule has 1 aliphatic rings. The second kappa shape index (κ2) is 12.8. The van der Waals surface area contributed by atoms with Crippen molar-refractivity contribution in [2.75, 3.05) is 39.8 Å². The van der Waals surface area contributed by atoms with E-state index >= 15 is 0 Å². The molecule has 1 aromatic carbocycles. The van der Waals surface area contributed by atoms with Crippen LogP contribution in [0.4, 0.5) is 0 Å². The fourth-order valence-corrected chi connectivity index (χ4v) is 4.11. The fourth-order valence-electron chi connectivity index (χ4n) is 2.87. The third-order valence-electron chi connectivity index (χ3n) is 4.77. The van der Waals surface area contributed by atoms with E-state index in [1.54, 1.807) is 0 Å². The van der Waals surface area contributed by atoms with Gasteiger partial charge in [0.2, 0.25) is 0 Å². The maximum atomic E-state index is 4.37. The molecule has 2 N–H and O–H groups in total. The third-order valence-corrected chi connectivity index (χ3v) is 6.27. The first-order valence-electron chi connectivity index (χ1n) is 9.62. The summed E-state index contributed by atoms with van der Waals surface area (Å²) in [6.45, 7) is 9.91. The number of rotatable bonds is 11. The summed E-state index contributed by atoms with van der Waals surface area (Å²) < 4.78 is 0.349. The summed E-state index contributed by atoms with van der Waals surface area (Å²) >= 11 is 2.00. The predicted octanol–water partition coefficient (Wildman–Crippen LogP) is 4.22. The minimum absolute atomic E-state index is 0. The Balaban J connectivity index is 0.00000338. The van der Waals surface area contributed by atoms with Crippen molar-refractivity contribution < 1.29 is 0 Å². The van der Waals surface area contributed by atoms with E-state index in [0.717, 1.165) is 32.1 Å². The van der Waals surface area contributed by atoms with Crippen LogP contribution in [0.1, 0.15) is 39.5 Å². The first-order valence-corrected chi connectivity index (χ1v) is 10.4. The number of hydrogen-bond acceptors (Lipinski definition) is 3. The molecule has 0 amide bonds. The Morgan fingerprint density at radius 1 is 1.12 bits per heavy atom.